The van der Waals surface area contributed by atoms with E-state index in [2.05, 4.69) is 30.7 Å². The first-order valence-electron chi connectivity index (χ1n) is 6.68. The molecule has 92 valence electrons. The van der Waals surface area contributed by atoms with Gasteiger partial charge in [0.25, 0.3) is 0 Å². The van der Waals surface area contributed by atoms with Crippen LogP contribution in [0.5, 0.6) is 0 Å². The van der Waals surface area contributed by atoms with Crippen molar-refractivity contribution in [2.75, 3.05) is 0 Å². The van der Waals surface area contributed by atoms with E-state index in [9.17, 15) is 0 Å². The van der Waals surface area contributed by atoms with Gasteiger partial charge in [-0.1, -0.05) is 46.5 Å². The second-order valence-corrected chi connectivity index (χ2v) is 5.26. The lowest BCUT2D eigenvalue weighted by Crippen LogP contribution is -2.20. The Hall–Kier alpha value is -0.790. The fraction of sp³-hybridized carbons (Fsp3) is 0.786. The fourth-order valence-corrected chi connectivity index (χ4v) is 2.33. The Labute approximate surface area is 99.9 Å². The quantitative estimate of drug-likeness (QED) is 0.696. The predicted octanol–water partition coefficient (Wildman–Crippen LogP) is 4.34. The van der Waals surface area contributed by atoms with Crippen LogP contribution in [-0.2, 0) is 6.42 Å². The summed E-state index contributed by atoms with van der Waals surface area (Å²) in [6, 6.07) is 0. The zero-order valence-electron chi connectivity index (χ0n) is 11.1. The number of nitrogens with one attached hydrogen (secondary N) is 1. The molecule has 1 rings (SSSR count). The Morgan fingerprint density at radius 3 is 2.25 bits per heavy atom. The Morgan fingerprint density at radius 2 is 1.81 bits per heavy atom. The number of hydrogen-bond donors (Lipinski definition) is 1. The maximum absolute atomic E-state index is 4.36. The Kier molecular flexibility index (Phi) is 5.58. The number of unbranched alkanes of at least 4 members (excludes halogenated alkanes) is 2. The molecule has 0 atom stereocenters. The van der Waals surface area contributed by atoms with Crippen molar-refractivity contribution in [3.05, 3.63) is 18.2 Å². The molecule has 0 saturated heterocycles. The molecular weight excluding hydrogens is 196 g/mol. The van der Waals surface area contributed by atoms with E-state index in [4.69, 9.17) is 0 Å². The van der Waals surface area contributed by atoms with E-state index in [0.29, 0.717) is 5.41 Å². The monoisotopic (exact) mass is 222 g/mol. The molecule has 1 aromatic heterocycles. The molecule has 0 aliphatic carbocycles. The first kappa shape index (κ1) is 13.3. The molecule has 0 aromatic carbocycles. The number of H-pyrrole nitrogens is 1. The topological polar surface area (TPSA) is 28.7 Å². The number of imidazole rings is 1. The van der Waals surface area contributed by atoms with Crippen molar-refractivity contribution in [2.45, 2.75) is 65.7 Å². The van der Waals surface area contributed by atoms with E-state index >= 15 is 0 Å². The van der Waals surface area contributed by atoms with Gasteiger partial charge in [0, 0.05) is 6.20 Å². The van der Waals surface area contributed by atoms with E-state index in [0.717, 1.165) is 6.42 Å². The predicted molar refractivity (Wildman–Crippen MR) is 69.4 cm³/mol. The van der Waals surface area contributed by atoms with Gasteiger partial charge in [-0.3, -0.25) is 0 Å². The zero-order chi connectivity index (χ0) is 11.9. The van der Waals surface area contributed by atoms with Gasteiger partial charge >= 0.3 is 0 Å². The van der Waals surface area contributed by atoms with Crippen LogP contribution in [0.3, 0.4) is 0 Å². The molecule has 0 aliphatic heterocycles. The smallest absolute Gasteiger partial charge is 0.0923 e. The largest absolute Gasteiger partial charge is 0.351 e. The highest BCUT2D eigenvalue weighted by Gasteiger charge is 2.24. The van der Waals surface area contributed by atoms with Gasteiger partial charge < -0.3 is 4.98 Å². The maximum Gasteiger partial charge on any atom is 0.0923 e. The van der Waals surface area contributed by atoms with Gasteiger partial charge in [0.05, 0.1) is 12.0 Å². The van der Waals surface area contributed by atoms with Crippen LogP contribution in [0.1, 0.15) is 65.0 Å². The lowest BCUT2D eigenvalue weighted by Gasteiger charge is -2.29. The van der Waals surface area contributed by atoms with Crippen molar-refractivity contribution in [3.63, 3.8) is 0 Å². The molecular formula is C14H26N2. The molecule has 1 N–H and O–H groups in total. The van der Waals surface area contributed by atoms with Crippen LogP contribution in [0, 0.1) is 5.41 Å². The van der Waals surface area contributed by atoms with Crippen molar-refractivity contribution >= 4 is 0 Å². The van der Waals surface area contributed by atoms with Gasteiger partial charge in [0.1, 0.15) is 0 Å². The maximum atomic E-state index is 4.36. The molecule has 1 aromatic rings. The SMILES string of the molecule is CCCCC(C)(CCCC)Cc1c[nH]cn1. The third kappa shape index (κ3) is 4.38. The second-order valence-electron chi connectivity index (χ2n) is 5.26. The van der Waals surface area contributed by atoms with Crippen LogP contribution in [0.15, 0.2) is 12.5 Å². The van der Waals surface area contributed by atoms with E-state index in [1.54, 1.807) is 6.33 Å². The first-order valence-corrected chi connectivity index (χ1v) is 6.68. The fourth-order valence-electron chi connectivity index (χ4n) is 2.33. The zero-order valence-corrected chi connectivity index (χ0v) is 11.1. The van der Waals surface area contributed by atoms with Crippen LogP contribution >= 0.6 is 0 Å². The molecule has 0 spiro atoms. The summed E-state index contributed by atoms with van der Waals surface area (Å²) in [5.41, 5.74) is 1.66. The summed E-state index contributed by atoms with van der Waals surface area (Å²) in [6.45, 7) is 6.97. The molecule has 0 radical (unpaired) electrons. The molecule has 0 fully saturated rings. The van der Waals surface area contributed by atoms with E-state index in [-0.39, 0.29) is 0 Å². The third-order valence-corrected chi connectivity index (χ3v) is 3.43. The Balaban J connectivity index is 2.54. The molecule has 0 amide bonds. The van der Waals surface area contributed by atoms with Gasteiger partial charge in [-0.2, -0.15) is 0 Å². The summed E-state index contributed by atoms with van der Waals surface area (Å²) >= 11 is 0. The summed E-state index contributed by atoms with van der Waals surface area (Å²) in [5.74, 6) is 0. The highest BCUT2D eigenvalue weighted by Crippen LogP contribution is 2.33. The number of aromatic nitrogens is 2. The van der Waals surface area contributed by atoms with Gasteiger partial charge in [-0.25, -0.2) is 4.98 Å². The molecule has 0 unspecified atom stereocenters. The number of rotatable bonds is 8. The van der Waals surface area contributed by atoms with Gasteiger partial charge in [-0.05, 0) is 24.7 Å². The Morgan fingerprint density at radius 1 is 1.19 bits per heavy atom. The minimum Gasteiger partial charge on any atom is -0.351 e. The number of hydrogen-bond acceptors (Lipinski definition) is 1. The van der Waals surface area contributed by atoms with Crippen LogP contribution in [0.4, 0.5) is 0 Å². The average Bonchev–Trinajstić information content (AvgIpc) is 2.76. The molecule has 0 bridgehead atoms. The van der Waals surface area contributed by atoms with E-state index in [1.165, 1.54) is 44.2 Å². The summed E-state index contributed by atoms with van der Waals surface area (Å²) in [7, 11) is 0. The van der Waals surface area contributed by atoms with Crippen LogP contribution in [0.25, 0.3) is 0 Å². The standard InChI is InChI=1S/C14H26N2/c1-4-6-8-14(3,9-7-5-2)10-13-11-15-12-16-13/h11-12H,4-10H2,1-3H3,(H,15,16). The minimum absolute atomic E-state index is 0.446. The molecule has 0 aliphatic rings. The van der Waals surface area contributed by atoms with Crippen LogP contribution in [-0.4, -0.2) is 9.97 Å². The van der Waals surface area contributed by atoms with Crippen LogP contribution in [0.2, 0.25) is 0 Å². The van der Waals surface area contributed by atoms with Crippen molar-refractivity contribution in [2.24, 2.45) is 5.41 Å². The summed E-state index contributed by atoms with van der Waals surface area (Å²) in [4.78, 5) is 7.42. The summed E-state index contributed by atoms with van der Waals surface area (Å²) in [6.07, 6.45) is 12.9. The molecule has 2 heteroatoms. The molecule has 0 saturated carbocycles. The summed E-state index contributed by atoms with van der Waals surface area (Å²) < 4.78 is 0. The van der Waals surface area contributed by atoms with Gasteiger partial charge in [-0.15, -0.1) is 0 Å². The highest BCUT2D eigenvalue weighted by atomic mass is 14.9. The summed E-state index contributed by atoms with van der Waals surface area (Å²) in [5, 5.41) is 0. The normalized spacial score (nSPS) is 11.9. The van der Waals surface area contributed by atoms with Crippen molar-refractivity contribution in [1.29, 1.82) is 0 Å². The van der Waals surface area contributed by atoms with Crippen molar-refractivity contribution in [3.8, 4) is 0 Å². The Bertz CT molecular complexity index is 256. The molecule has 16 heavy (non-hydrogen) atoms. The van der Waals surface area contributed by atoms with E-state index in [1.807, 2.05) is 6.20 Å². The highest BCUT2D eigenvalue weighted by molar-refractivity contribution is 4.99. The minimum atomic E-state index is 0.446. The molecule has 1 heterocycles. The van der Waals surface area contributed by atoms with Crippen LogP contribution < -0.4 is 0 Å². The lowest BCUT2D eigenvalue weighted by atomic mass is 9.77. The van der Waals surface area contributed by atoms with Crippen molar-refractivity contribution < 1.29 is 0 Å². The number of nitrogens with zero attached hydrogens (tertiary/aromatic N) is 1. The van der Waals surface area contributed by atoms with Crippen molar-refractivity contribution in [1.82, 2.24) is 9.97 Å². The third-order valence-electron chi connectivity index (χ3n) is 3.43. The van der Waals surface area contributed by atoms with E-state index < -0.39 is 0 Å². The molecule has 2 nitrogen and oxygen atoms in total. The van der Waals surface area contributed by atoms with Gasteiger partial charge in [0.2, 0.25) is 0 Å². The van der Waals surface area contributed by atoms with Gasteiger partial charge in [0.15, 0.2) is 0 Å². The first-order chi connectivity index (χ1) is 7.70. The average molecular weight is 222 g/mol. The lowest BCUT2D eigenvalue weighted by molar-refractivity contribution is 0.252. The second kappa shape index (κ2) is 6.72. The number of aromatic amines is 1.